The molecule has 4 N–H and O–H groups in total. The van der Waals surface area contributed by atoms with Gasteiger partial charge >= 0.3 is 12.2 Å². The Morgan fingerprint density at radius 3 is 2.41 bits per heavy atom. The van der Waals surface area contributed by atoms with Gasteiger partial charge in [0.25, 0.3) is 0 Å². The van der Waals surface area contributed by atoms with E-state index in [4.69, 9.17) is 9.15 Å². The number of rotatable bonds is 9. The van der Waals surface area contributed by atoms with Crippen LogP contribution in [0.5, 0.6) is 11.5 Å². The molecule has 0 bridgehead atoms. The number of nitrogens with one attached hydrogen (secondary N) is 3. The minimum Gasteiger partial charge on any atom is -0.507 e. The van der Waals surface area contributed by atoms with E-state index in [-0.39, 0.29) is 28.6 Å². The molecule has 0 atom stereocenters. The van der Waals surface area contributed by atoms with E-state index < -0.39 is 12.2 Å². The van der Waals surface area contributed by atoms with Crippen LogP contribution in [0.3, 0.4) is 0 Å². The van der Waals surface area contributed by atoms with Crippen molar-refractivity contribution in [3.8, 4) is 11.5 Å². The molecular formula is C22H25N3O7. The molecule has 1 aromatic heterocycles. The van der Waals surface area contributed by atoms with Crippen molar-refractivity contribution < 1.29 is 33.4 Å². The second kappa shape index (κ2) is 10.5. The number of amides is 2. The van der Waals surface area contributed by atoms with Crippen LogP contribution >= 0.6 is 0 Å². The Bertz CT molecular complexity index is 1140. The average molecular weight is 443 g/mol. The highest BCUT2D eigenvalue weighted by atomic mass is 16.6. The number of alkyl carbamates (subject to hydrolysis) is 1. The zero-order valence-corrected chi connectivity index (χ0v) is 17.8. The van der Waals surface area contributed by atoms with E-state index in [0.29, 0.717) is 48.8 Å². The first kappa shape index (κ1) is 22.9. The number of aromatic hydroxyl groups is 1. The molecule has 0 unspecified atom stereocenters. The summed E-state index contributed by atoms with van der Waals surface area (Å²) in [6.45, 7) is 3.31. The van der Waals surface area contributed by atoms with Crippen LogP contribution in [-0.2, 0) is 4.74 Å². The first-order valence-corrected chi connectivity index (χ1v) is 10.1. The highest BCUT2D eigenvalue weighted by Crippen LogP contribution is 2.43. The van der Waals surface area contributed by atoms with E-state index in [0.717, 1.165) is 0 Å². The number of ketones is 1. The summed E-state index contributed by atoms with van der Waals surface area (Å²) >= 11 is 0. The summed E-state index contributed by atoms with van der Waals surface area (Å²) < 4.78 is 15.6. The smallest absolute Gasteiger partial charge is 0.412 e. The normalized spacial score (nSPS) is 10.8. The molecule has 0 fully saturated rings. The Labute approximate surface area is 183 Å². The maximum absolute atomic E-state index is 12.4. The molecule has 3 rings (SSSR count). The third-order valence-electron chi connectivity index (χ3n) is 4.72. The van der Waals surface area contributed by atoms with Crippen LogP contribution in [-0.4, -0.2) is 56.4 Å². The van der Waals surface area contributed by atoms with Crippen molar-refractivity contribution in [1.29, 1.82) is 0 Å². The molecular weight excluding hydrogens is 418 g/mol. The van der Waals surface area contributed by atoms with Crippen molar-refractivity contribution in [3.63, 3.8) is 0 Å². The molecule has 0 saturated carbocycles. The van der Waals surface area contributed by atoms with Gasteiger partial charge in [-0.25, -0.2) is 9.59 Å². The van der Waals surface area contributed by atoms with Crippen LogP contribution < -0.4 is 20.7 Å². The summed E-state index contributed by atoms with van der Waals surface area (Å²) in [5, 5.41) is 20.2. The van der Waals surface area contributed by atoms with E-state index in [1.54, 1.807) is 24.3 Å². The number of benzene rings is 2. The second-order valence-corrected chi connectivity index (χ2v) is 6.97. The molecule has 32 heavy (non-hydrogen) atoms. The Kier molecular flexibility index (Phi) is 7.50. The first-order valence-electron chi connectivity index (χ1n) is 10.1. The van der Waals surface area contributed by atoms with Gasteiger partial charge < -0.3 is 34.9 Å². The topological polar surface area (TPSA) is 139 Å². The Morgan fingerprint density at radius 1 is 0.969 bits per heavy atom. The van der Waals surface area contributed by atoms with Gasteiger partial charge in [0.05, 0.1) is 12.5 Å². The van der Waals surface area contributed by atoms with Crippen LogP contribution in [0.25, 0.3) is 21.7 Å². The number of carbonyl (C=O) groups excluding carboxylic acids is 3. The van der Waals surface area contributed by atoms with Gasteiger partial charge in [-0.1, -0.05) is 24.3 Å². The number of hydrogen-bond acceptors (Lipinski definition) is 8. The van der Waals surface area contributed by atoms with Crippen LogP contribution in [0.4, 0.5) is 9.59 Å². The monoisotopic (exact) mass is 443 g/mol. The number of carbonyl (C=O) groups is 3. The molecule has 3 aromatic rings. The fourth-order valence-electron chi connectivity index (χ4n) is 3.15. The Morgan fingerprint density at radius 2 is 1.69 bits per heavy atom. The number of hydrogen-bond donors (Lipinski definition) is 4. The van der Waals surface area contributed by atoms with Crippen LogP contribution in [0, 0.1) is 0 Å². The van der Waals surface area contributed by atoms with E-state index in [9.17, 15) is 19.5 Å². The SMILES string of the molecule is COC(=O)NCCNCCCNC(=O)Oc1c2ccccc2c(O)c2cc(C(C)=O)oc12. The standard InChI is InChI=1S/C22H25N3O7/c1-13(26)17-12-16-18(27)14-6-3-4-7-15(14)19(20(16)31-17)32-22(29)24-9-5-8-23-10-11-25-21(28)30-2/h3-4,6-7,12,23,27H,5,8-11H2,1-2H3,(H,24,29)(H,25,28). The molecule has 2 aromatic carbocycles. The predicted octanol–water partition coefficient (Wildman–Crippen LogP) is 2.92. The molecule has 0 aliphatic carbocycles. The van der Waals surface area contributed by atoms with Gasteiger partial charge in [-0.3, -0.25) is 4.79 Å². The number of Topliss-reactive ketones (excluding diaryl/α,β-unsaturated/α-hetero) is 1. The number of furan rings is 1. The molecule has 0 aliphatic rings. The second-order valence-electron chi connectivity index (χ2n) is 6.97. The quantitative estimate of drug-likeness (QED) is 0.292. The van der Waals surface area contributed by atoms with Crippen molar-refractivity contribution >= 4 is 39.7 Å². The van der Waals surface area contributed by atoms with Gasteiger partial charge in [-0.05, 0) is 19.0 Å². The lowest BCUT2D eigenvalue weighted by Crippen LogP contribution is -2.33. The van der Waals surface area contributed by atoms with E-state index >= 15 is 0 Å². The number of fused-ring (bicyclic) bond motifs is 2. The third kappa shape index (κ3) is 5.27. The molecule has 0 spiro atoms. The fourth-order valence-corrected chi connectivity index (χ4v) is 3.15. The number of phenols is 1. The summed E-state index contributed by atoms with van der Waals surface area (Å²) in [6, 6.07) is 8.31. The van der Waals surface area contributed by atoms with Gasteiger partial charge in [-0.15, -0.1) is 0 Å². The van der Waals surface area contributed by atoms with Gasteiger partial charge in [0.1, 0.15) is 5.75 Å². The lowest BCUT2D eigenvalue weighted by Gasteiger charge is -2.11. The van der Waals surface area contributed by atoms with Gasteiger partial charge in [-0.2, -0.15) is 0 Å². The minimum atomic E-state index is -0.685. The maximum atomic E-state index is 12.4. The highest BCUT2D eigenvalue weighted by Gasteiger charge is 2.22. The molecule has 0 radical (unpaired) electrons. The van der Waals surface area contributed by atoms with Crippen molar-refractivity contribution in [1.82, 2.24) is 16.0 Å². The molecule has 10 nitrogen and oxygen atoms in total. The largest absolute Gasteiger partial charge is 0.507 e. The molecule has 1 heterocycles. The molecule has 10 heteroatoms. The molecule has 0 saturated heterocycles. The van der Waals surface area contributed by atoms with E-state index in [1.807, 2.05) is 0 Å². The number of phenolic OH excluding ortho intramolecular Hbond substituents is 1. The third-order valence-corrected chi connectivity index (χ3v) is 4.72. The summed E-state index contributed by atoms with van der Waals surface area (Å²) in [4.78, 5) is 35.1. The van der Waals surface area contributed by atoms with Crippen molar-refractivity contribution in [2.45, 2.75) is 13.3 Å². The van der Waals surface area contributed by atoms with Crippen molar-refractivity contribution in [3.05, 3.63) is 36.1 Å². The van der Waals surface area contributed by atoms with Crippen LogP contribution in [0.15, 0.2) is 34.7 Å². The maximum Gasteiger partial charge on any atom is 0.412 e. The lowest BCUT2D eigenvalue weighted by atomic mass is 10.1. The van der Waals surface area contributed by atoms with Crippen molar-refractivity contribution in [2.24, 2.45) is 0 Å². The van der Waals surface area contributed by atoms with Crippen LogP contribution in [0.1, 0.15) is 23.9 Å². The van der Waals surface area contributed by atoms with Crippen molar-refractivity contribution in [2.75, 3.05) is 33.3 Å². The first-order chi connectivity index (χ1) is 15.4. The zero-order chi connectivity index (χ0) is 23.1. The summed E-state index contributed by atoms with van der Waals surface area (Å²) in [6.07, 6.45) is -0.539. The number of methoxy groups -OCH3 is 1. The van der Waals surface area contributed by atoms with Gasteiger partial charge in [0.2, 0.25) is 0 Å². The molecule has 0 aliphatic heterocycles. The molecule has 170 valence electrons. The summed E-state index contributed by atoms with van der Waals surface area (Å²) in [5.41, 5.74) is 0.126. The Hall–Kier alpha value is -3.79. The van der Waals surface area contributed by atoms with Gasteiger partial charge in [0.15, 0.2) is 22.9 Å². The number of ether oxygens (including phenoxy) is 2. The molecule has 2 amide bonds. The van der Waals surface area contributed by atoms with E-state index in [1.165, 1.54) is 20.1 Å². The van der Waals surface area contributed by atoms with Gasteiger partial charge in [0, 0.05) is 37.3 Å². The Balaban J connectivity index is 1.62. The zero-order valence-electron chi connectivity index (χ0n) is 17.8. The van der Waals surface area contributed by atoms with E-state index in [2.05, 4.69) is 20.7 Å². The summed E-state index contributed by atoms with van der Waals surface area (Å²) in [7, 11) is 1.30. The average Bonchev–Trinajstić information content (AvgIpc) is 3.24. The minimum absolute atomic E-state index is 0.0487. The lowest BCUT2D eigenvalue weighted by molar-refractivity contribution is 0.0989. The predicted molar refractivity (Wildman–Crippen MR) is 117 cm³/mol. The highest BCUT2D eigenvalue weighted by molar-refractivity contribution is 6.11. The van der Waals surface area contributed by atoms with Crippen LogP contribution in [0.2, 0.25) is 0 Å². The fraction of sp³-hybridized carbons (Fsp3) is 0.318. The summed E-state index contributed by atoms with van der Waals surface area (Å²) in [5.74, 6) is -0.171.